The number of rotatable bonds is 7. The Hall–Kier alpha value is -0.430. The van der Waals surface area contributed by atoms with E-state index in [9.17, 15) is 13.5 Å². The molecular formula is C28H48O5S. The molecule has 0 aromatic rings. The Morgan fingerprint density at radius 2 is 1.94 bits per heavy atom. The molecule has 0 bridgehead atoms. The van der Waals surface area contributed by atoms with E-state index in [1.165, 1.54) is 31.3 Å². The van der Waals surface area contributed by atoms with Crippen LogP contribution in [0.4, 0.5) is 0 Å². The summed E-state index contributed by atoms with van der Waals surface area (Å²) in [6.07, 6.45) is 12.4. The van der Waals surface area contributed by atoms with E-state index in [-0.39, 0.29) is 5.41 Å². The first kappa shape index (κ1) is 26.6. The van der Waals surface area contributed by atoms with E-state index in [0.29, 0.717) is 36.0 Å². The van der Waals surface area contributed by atoms with Gasteiger partial charge in [0, 0.05) is 0 Å². The molecule has 0 radical (unpaired) electrons. The van der Waals surface area contributed by atoms with E-state index in [4.69, 9.17) is 8.74 Å². The quantitative estimate of drug-likeness (QED) is 0.307. The van der Waals surface area contributed by atoms with Gasteiger partial charge in [0.25, 0.3) is 0 Å². The Morgan fingerprint density at radius 1 is 1.24 bits per heavy atom. The fourth-order valence-electron chi connectivity index (χ4n) is 9.42. The molecule has 3 saturated carbocycles. The third kappa shape index (κ3) is 5.03. The predicted molar refractivity (Wildman–Crippen MR) is 135 cm³/mol. The normalized spacial score (nSPS) is 43.5. The number of hydrogen-bond donors (Lipinski definition) is 2. The van der Waals surface area contributed by atoms with Crippen LogP contribution >= 0.6 is 0 Å². The van der Waals surface area contributed by atoms with Gasteiger partial charge in [0.05, 0.1) is 11.7 Å². The Bertz CT molecular complexity index is 889. The van der Waals surface area contributed by atoms with Crippen LogP contribution in [0.25, 0.3) is 0 Å². The highest BCUT2D eigenvalue weighted by atomic mass is 32.3. The second kappa shape index (κ2) is 9.15. The molecule has 4 rings (SSSR count). The van der Waals surface area contributed by atoms with E-state index in [2.05, 4.69) is 33.8 Å². The van der Waals surface area contributed by atoms with Crippen molar-refractivity contribution in [2.45, 2.75) is 117 Å². The molecule has 6 heteroatoms. The van der Waals surface area contributed by atoms with Crippen LogP contribution in [0.5, 0.6) is 0 Å². The van der Waals surface area contributed by atoms with Crippen molar-refractivity contribution >= 4 is 10.4 Å². The molecule has 196 valence electrons. The number of aliphatic hydroxyl groups is 1. The summed E-state index contributed by atoms with van der Waals surface area (Å²) in [5.74, 6) is 4.28. The molecule has 0 amide bonds. The van der Waals surface area contributed by atoms with Crippen molar-refractivity contribution in [1.29, 1.82) is 0 Å². The van der Waals surface area contributed by atoms with Crippen molar-refractivity contribution in [3.8, 4) is 0 Å². The summed E-state index contributed by atoms with van der Waals surface area (Å²) < 4.78 is 36.7. The summed E-state index contributed by atoms with van der Waals surface area (Å²) in [7, 11) is -4.40. The first-order chi connectivity index (χ1) is 15.6. The van der Waals surface area contributed by atoms with Crippen molar-refractivity contribution in [3.05, 3.63) is 11.6 Å². The SMILES string of the molecule is CC(CCCC(C)(C)O)C1CC(C)C2C3CC=C4CC(OS(=O)(=O)O)CCC4(C)C3CCC12C. The van der Waals surface area contributed by atoms with Crippen LogP contribution in [0.2, 0.25) is 0 Å². The smallest absolute Gasteiger partial charge is 0.390 e. The maximum absolute atomic E-state index is 11.3. The fraction of sp³-hybridized carbons (Fsp3) is 0.929. The highest BCUT2D eigenvalue weighted by molar-refractivity contribution is 7.80. The maximum Gasteiger partial charge on any atom is 0.397 e. The maximum atomic E-state index is 11.3. The van der Waals surface area contributed by atoms with Crippen molar-refractivity contribution in [1.82, 2.24) is 0 Å². The highest BCUT2D eigenvalue weighted by Crippen LogP contribution is 2.68. The monoisotopic (exact) mass is 496 g/mol. The molecule has 0 saturated heterocycles. The lowest BCUT2D eigenvalue weighted by Gasteiger charge is -2.59. The highest BCUT2D eigenvalue weighted by Gasteiger charge is 2.61. The van der Waals surface area contributed by atoms with Gasteiger partial charge in [0.1, 0.15) is 0 Å². The molecule has 5 nitrogen and oxygen atoms in total. The minimum absolute atomic E-state index is 0.124. The van der Waals surface area contributed by atoms with Crippen molar-refractivity contribution in [2.24, 2.45) is 46.3 Å². The lowest BCUT2D eigenvalue weighted by Crippen LogP contribution is -2.51. The second-order valence-electron chi connectivity index (χ2n) is 13.6. The van der Waals surface area contributed by atoms with E-state index in [1.807, 2.05) is 13.8 Å². The van der Waals surface area contributed by atoms with Crippen molar-refractivity contribution < 1.29 is 22.3 Å². The molecule has 2 N–H and O–H groups in total. The van der Waals surface area contributed by atoms with Crippen LogP contribution in [-0.4, -0.2) is 29.8 Å². The van der Waals surface area contributed by atoms with Gasteiger partial charge in [-0.15, -0.1) is 0 Å². The molecule has 0 spiro atoms. The molecular weight excluding hydrogens is 448 g/mol. The minimum Gasteiger partial charge on any atom is -0.390 e. The van der Waals surface area contributed by atoms with Gasteiger partial charge in [0.15, 0.2) is 0 Å². The molecule has 9 atom stereocenters. The Morgan fingerprint density at radius 3 is 2.59 bits per heavy atom. The van der Waals surface area contributed by atoms with Crippen LogP contribution in [0.15, 0.2) is 11.6 Å². The molecule has 3 fully saturated rings. The summed E-state index contributed by atoms with van der Waals surface area (Å²) in [5.41, 5.74) is 1.31. The lowest BCUT2D eigenvalue weighted by atomic mass is 9.46. The van der Waals surface area contributed by atoms with Gasteiger partial charge < -0.3 is 5.11 Å². The number of hydrogen-bond acceptors (Lipinski definition) is 4. The first-order valence-electron chi connectivity index (χ1n) is 13.7. The van der Waals surface area contributed by atoms with Crippen molar-refractivity contribution in [3.63, 3.8) is 0 Å². The average Bonchev–Trinajstić information content (AvgIpc) is 2.97. The van der Waals surface area contributed by atoms with Crippen LogP contribution in [0.1, 0.15) is 106 Å². The van der Waals surface area contributed by atoms with E-state index in [0.717, 1.165) is 43.4 Å². The topological polar surface area (TPSA) is 83.8 Å². The molecule has 0 heterocycles. The first-order valence-corrected chi connectivity index (χ1v) is 15.1. The molecule has 4 aliphatic rings. The van der Waals surface area contributed by atoms with Gasteiger partial charge in [-0.1, -0.05) is 52.2 Å². The zero-order valence-corrected chi connectivity index (χ0v) is 23.0. The summed E-state index contributed by atoms with van der Waals surface area (Å²) in [4.78, 5) is 0. The van der Waals surface area contributed by atoms with Crippen LogP contribution < -0.4 is 0 Å². The average molecular weight is 497 g/mol. The molecule has 0 aromatic heterocycles. The van der Waals surface area contributed by atoms with Crippen molar-refractivity contribution in [2.75, 3.05) is 0 Å². The van der Waals surface area contributed by atoms with Gasteiger partial charge in [-0.2, -0.15) is 8.42 Å². The number of allylic oxidation sites excluding steroid dienone is 1. The van der Waals surface area contributed by atoms with Crippen LogP contribution in [-0.2, 0) is 14.6 Å². The lowest BCUT2D eigenvalue weighted by molar-refractivity contribution is -0.0648. The van der Waals surface area contributed by atoms with E-state index in [1.54, 1.807) is 0 Å². The van der Waals surface area contributed by atoms with Gasteiger partial charge in [0.2, 0.25) is 0 Å². The Balaban J connectivity index is 1.50. The molecule has 0 aliphatic heterocycles. The largest absolute Gasteiger partial charge is 0.397 e. The minimum atomic E-state index is -4.40. The van der Waals surface area contributed by atoms with Gasteiger partial charge in [-0.3, -0.25) is 4.55 Å². The molecule has 34 heavy (non-hydrogen) atoms. The van der Waals surface area contributed by atoms with Crippen LogP contribution in [0.3, 0.4) is 0 Å². The molecule has 0 aromatic carbocycles. The standard InChI is InChI=1S/C28H48O5S/c1-18(8-7-13-26(3,4)29)24-16-19(2)25-22-10-9-20-17-21(33-34(30,31)32)11-14-27(20,5)23(22)12-15-28(24,25)6/h9,18-19,21-25,29H,7-8,10-17H2,1-6H3,(H,30,31,32). The zero-order valence-electron chi connectivity index (χ0n) is 22.2. The third-order valence-corrected chi connectivity index (χ3v) is 11.3. The van der Waals surface area contributed by atoms with Gasteiger partial charge in [-0.05, 0) is 112 Å². The van der Waals surface area contributed by atoms with E-state index >= 15 is 0 Å². The Labute approximate surface area is 208 Å². The summed E-state index contributed by atoms with van der Waals surface area (Å²) in [6.45, 7) is 13.8. The predicted octanol–water partition coefficient (Wildman–Crippen LogP) is 6.58. The van der Waals surface area contributed by atoms with Crippen LogP contribution in [0, 0.1) is 46.3 Å². The Kier molecular flexibility index (Phi) is 7.16. The summed E-state index contributed by atoms with van der Waals surface area (Å²) >= 11 is 0. The summed E-state index contributed by atoms with van der Waals surface area (Å²) in [6, 6.07) is 0. The third-order valence-electron chi connectivity index (χ3n) is 10.8. The van der Waals surface area contributed by atoms with Gasteiger partial charge in [-0.25, -0.2) is 4.18 Å². The van der Waals surface area contributed by atoms with E-state index < -0.39 is 22.1 Å². The number of fused-ring (bicyclic) bond motifs is 5. The zero-order chi connectivity index (χ0) is 25.1. The molecule has 9 unspecified atom stereocenters. The molecule has 4 aliphatic carbocycles. The second-order valence-corrected chi connectivity index (χ2v) is 14.7. The van der Waals surface area contributed by atoms with Gasteiger partial charge >= 0.3 is 10.4 Å². The fourth-order valence-corrected chi connectivity index (χ4v) is 9.93. The summed E-state index contributed by atoms with van der Waals surface area (Å²) in [5, 5.41) is 10.1.